The van der Waals surface area contributed by atoms with E-state index in [-0.39, 0.29) is 0 Å². The van der Waals surface area contributed by atoms with Crippen LogP contribution < -0.4 is 5.32 Å². The number of esters is 1. The number of amides is 1. The number of hydrogen-bond donors (Lipinski definition) is 1. The Balaban J connectivity index is 2.09. The lowest BCUT2D eigenvalue weighted by Gasteiger charge is -2.10. The van der Waals surface area contributed by atoms with Crippen molar-refractivity contribution >= 4 is 40.5 Å². The molecule has 0 saturated carbocycles. The highest BCUT2D eigenvalue weighted by Gasteiger charge is 2.21. The minimum atomic E-state index is -1.11. The van der Waals surface area contributed by atoms with Crippen LogP contribution in [0.4, 0.5) is 17.1 Å². The number of carbonyl (C=O) groups excluding carboxylic acids is 2. The van der Waals surface area contributed by atoms with E-state index in [2.05, 4.69) is 5.32 Å². The van der Waals surface area contributed by atoms with Crippen molar-refractivity contribution in [3.8, 4) is 0 Å². The second-order valence-electron chi connectivity index (χ2n) is 5.29. The molecule has 0 heterocycles. The summed E-state index contributed by atoms with van der Waals surface area (Å²) in [7, 11) is 0. The van der Waals surface area contributed by atoms with E-state index in [1.165, 1.54) is 0 Å². The third-order valence-electron chi connectivity index (χ3n) is 3.44. The number of nitrogens with zero attached hydrogens (tertiary/aromatic N) is 2. The molecule has 0 fully saturated rings. The monoisotopic (exact) mass is 393 g/mol. The zero-order valence-corrected chi connectivity index (χ0v) is 14.6. The number of anilines is 1. The summed E-state index contributed by atoms with van der Waals surface area (Å²) < 4.78 is 4.77. The Morgan fingerprint density at radius 3 is 2.26 bits per heavy atom. The van der Waals surface area contributed by atoms with E-state index in [9.17, 15) is 29.8 Å². The lowest BCUT2D eigenvalue weighted by atomic mass is 10.2. The van der Waals surface area contributed by atoms with Crippen LogP contribution in [0.3, 0.4) is 0 Å². The van der Waals surface area contributed by atoms with E-state index in [0.717, 1.165) is 12.1 Å². The molecule has 0 radical (unpaired) electrons. The molecule has 1 amide bonds. The molecule has 0 bridgehead atoms. The molecule has 140 valence electrons. The molecule has 2 aromatic carbocycles. The molecule has 1 N–H and O–H groups in total. The van der Waals surface area contributed by atoms with E-state index >= 15 is 0 Å². The van der Waals surface area contributed by atoms with Crippen LogP contribution in [-0.2, 0) is 9.53 Å². The number of nitro groups is 2. The zero-order valence-electron chi connectivity index (χ0n) is 13.8. The van der Waals surface area contributed by atoms with Crippen LogP contribution in [-0.4, -0.2) is 28.3 Å². The summed E-state index contributed by atoms with van der Waals surface area (Å²) >= 11 is 5.94. The van der Waals surface area contributed by atoms with Crippen LogP contribution in [0.1, 0.15) is 15.9 Å². The number of rotatable bonds is 6. The predicted molar refractivity (Wildman–Crippen MR) is 94.9 cm³/mol. The molecule has 0 atom stereocenters. The molecule has 0 saturated heterocycles. The average molecular weight is 394 g/mol. The molecule has 2 rings (SSSR count). The highest BCUT2D eigenvalue weighted by atomic mass is 35.5. The van der Waals surface area contributed by atoms with E-state index in [0.29, 0.717) is 22.3 Å². The van der Waals surface area contributed by atoms with Crippen molar-refractivity contribution in [1.82, 2.24) is 0 Å². The van der Waals surface area contributed by atoms with Crippen molar-refractivity contribution in [3.05, 3.63) is 72.8 Å². The fourth-order valence-corrected chi connectivity index (χ4v) is 2.24. The fourth-order valence-electron chi connectivity index (χ4n) is 2.07. The number of nitrogens with one attached hydrogen (secondary N) is 1. The van der Waals surface area contributed by atoms with Crippen LogP contribution in [0, 0.1) is 27.2 Å². The third-order valence-corrected chi connectivity index (χ3v) is 3.85. The molecule has 10 nitrogen and oxygen atoms in total. The first-order valence-corrected chi connectivity index (χ1v) is 7.73. The molecule has 0 aliphatic carbocycles. The molecule has 2 aromatic rings. The molecule has 27 heavy (non-hydrogen) atoms. The first-order valence-electron chi connectivity index (χ1n) is 7.35. The van der Waals surface area contributed by atoms with Crippen LogP contribution in [0.2, 0.25) is 5.02 Å². The van der Waals surface area contributed by atoms with E-state index in [4.69, 9.17) is 16.3 Å². The van der Waals surface area contributed by atoms with Crippen molar-refractivity contribution in [1.29, 1.82) is 0 Å². The summed E-state index contributed by atoms with van der Waals surface area (Å²) in [6.45, 7) is 0.994. The van der Waals surface area contributed by atoms with Gasteiger partial charge in [-0.25, -0.2) is 4.79 Å². The molecule has 0 spiro atoms. The van der Waals surface area contributed by atoms with Gasteiger partial charge in [-0.15, -0.1) is 0 Å². The number of halogens is 1. The van der Waals surface area contributed by atoms with E-state index in [1.807, 2.05) is 0 Å². The summed E-state index contributed by atoms with van der Waals surface area (Å²) in [5, 5.41) is 24.6. The minimum absolute atomic E-state index is 0.414. The van der Waals surface area contributed by atoms with Gasteiger partial charge in [0.15, 0.2) is 6.61 Å². The van der Waals surface area contributed by atoms with Crippen molar-refractivity contribution in [2.45, 2.75) is 6.92 Å². The van der Waals surface area contributed by atoms with Gasteiger partial charge in [-0.05, 0) is 24.6 Å². The number of benzene rings is 2. The maximum absolute atomic E-state index is 12.0. The molecule has 0 aliphatic rings. The maximum Gasteiger partial charge on any atom is 0.339 e. The maximum atomic E-state index is 12.0. The Labute approximate surface area is 157 Å². The van der Waals surface area contributed by atoms with Crippen LogP contribution >= 0.6 is 11.6 Å². The highest BCUT2D eigenvalue weighted by Crippen LogP contribution is 2.24. The number of hydrogen-bond acceptors (Lipinski definition) is 7. The van der Waals surface area contributed by atoms with Gasteiger partial charge in [0.05, 0.1) is 21.5 Å². The van der Waals surface area contributed by atoms with Crippen molar-refractivity contribution in [2.75, 3.05) is 11.9 Å². The Bertz CT molecular complexity index is 913. The van der Waals surface area contributed by atoms with E-state index < -0.39 is 45.3 Å². The van der Waals surface area contributed by atoms with Gasteiger partial charge in [-0.1, -0.05) is 17.7 Å². The third kappa shape index (κ3) is 4.98. The molecular formula is C16H12ClN3O7. The second kappa shape index (κ2) is 8.23. The lowest BCUT2D eigenvalue weighted by molar-refractivity contribution is -0.394. The molecule has 11 heteroatoms. The first-order chi connectivity index (χ1) is 12.7. The number of carbonyl (C=O) groups is 2. The van der Waals surface area contributed by atoms with Crippen molar-refractivity contribution < 1.29 is 24.2 Å². The zero-order chi connectivity index (χ0) is 20.1. The summed E-state index contributed by atoms with van der Waals surface area (Å²) in [4.78, 5) is 43.8. The Morgan fingerprint density at radius 2 is 1.70 bits per heavy atom. The molecule has 0 unspecified atom stereocenters. The summed E-state index contributed by atoms with van der Waals surface area (Å²) in [5.41, 5.74) is -0.657. The Kier molecular flexibility index (Phi) is 6.03. The van der Waals surface area contributed by atoms with Gasteiger partial charge in [0.2, 0.25) is 0 Å². The van der Waals surface area contributed by atoms with Crippen LogP contribution in [0.25, 0.3) is 0 Å². The van der Waals surface area contributed by atoms with Gasteiger partial charge in [0, 0.05) is 22.8 Å². The molecule has 0 aliphatic heterocycles. The summed E-state index contributed by atoms with van der Waals surface area (Å²) in [5.74, 6) is -1.78. The standard InChI is InChI=1S/C16H12ClN3O7/c1-9-13(17)3-2-4-14(9)18-15(21)8-27-16(22)10-5-11(19(23)24)7-12(6-10)20(25)26/h2-7H,8H2,1H3,(H,18,21). The lowest BCUT2D eigenvalue weighted by Crippen LogP contribution is -2.21. The predicted octanol–water partition coefficient (Wildman–Crippen LogP) is 3.26. The second-order valence-corrected chi connectivity index (χ2v) is 5.70. The average Bonchev–Trinajstić information content (AvgIpc) is 2.63. The largest absolute Gasteiger partial charge is 0.452 e. The number of nitro benzene ring substituents is 2. The van der Waals surface area contributed by atoms with Gasteiger partial charge in [-0.2, -0.15) is 0 Å². The van der Waals surface area contributed by atoms with Crippen molar-refractivity contribution in [3.63, 3.8) is 0 Å². The van der Waals surface area contributed by atoms with Gasteiger partial charge >= 0.3 is 5.97 Å². The molecular weight excluding hydrogens is 382 g/mol. The summed E-state index contributed by atoms with van der Waals surface area (Å²) in [6.07, 6.45) is 0. The number of non-ortho nitro benzene ring substituents is 2. The van der Waals surface area contributed by atoms with Crippen molar-refractivity contribution in [2.24, 2.45) is 0 Å². The Morgan fingerprint density at radius 1 is 1.11 bits per heavy atom. The smallest absolute Gasteiger partial charge is 0.339 e. The number of ether oxygens (including phenoxy) is 1. The van der Waals surface area contributed by atoms with Crippen LogP contribution in [0.5, 0.6) is 0 Å². The molecule has 0 aromatic heterocycles. The summed E-state index contributed by atoms with van der Waals surface area (Å²) in [6, 6.07) is 7.24. The minimum Gasteiger partial charge on any atom is -0.452 e. The fraction of sp³-hybridized carbons (Fsp3) is 0.125. The normalized spacial score (nSPS) is 10.1. The quantitative estimate of drug-likeness (QED) is 0.450. The Hall–Kier alpha value is -3.53. The van der Waals surface area contributed by atoms with Gasteiger partial charge < -0.3 is 10.1 Å². The van der Waals surface area contributed by atoms with Gasteiger partial charge in [0.25, 0.3) is 17.3 Å². The van der Waals surface area contributed by atoms with E-state index in [1.54, 1.807) is 25.1 Å². The van der Waals surface area contributed by atoms with Gasteiger partial charge in [0.1, 0.15) is 0 Å². The first kappa shape index (κ1) is 19.8. The van der Waals surface area contributed by atoms with Crippen LogP contribution in [0.15, 0.2) is 36.4 Å². The highest BCUT2D eigenvalue weighted by molar-refractivity contribution is 6.31. The topological polar surface area (TPSA) is 142 Å². The SMILES string of the molecule is Cc1c(Cl)cccc1NC(=O)COC(=O)c1cc([N+](=O)[O-])cc([N+](=O)[O-])c1. The van der Waals surface area contributed by atoms with Gasteiger partial charge in [-0.3, -0.25) is 25.0 Å².